The number of nitrogens with zero attached hydrogens (tertiary/aromatic N) is 3. The van der Waals surface area contributed by atoms with Crippen molar-refractivity contribution in [3.63, 3.8) is 0 Å². The summed E-state index contributed by atoms with van der Waals surface area (Å²) in [5.74, 6) is 0.507. The third-order valence-corrected chi connectivity index (χ3v) is 6.72. The lowest BCUT2D eigenvalue weighted by molar-refractivity contribution is -0.180. The van der Waals surface area contributed by atoms with Crippen LogP contribution in [0.1, 0.15) is 24.8 Å². The van der Waals surface area contributed by atoms with Crippen LogP contribution in [0.3, 0.4) is 0 Å². The topological polar surface area (TPSA) is 101 Å². The number of carbonyl (C=O) groups is 1. The van der Waals surface area contributed by atoms with Crippen LogP contribution in [-0.4, -0.2) is 55.8 Å². The molecule has 0 bridgehead atoms. The molecule has 2 heterocycles. The molecule has 28 heavy (non-hydrogen) atoms. The molecule has 1 aliphatic carbocycles. The molecule has 0 aromatic carbocycles. The zero-order valence-corrected chi connectivity index (χ0v) is 17.7. The molecule has 1 aliphatic rings. The van der Waals surface area contributed by atoms with Crippen LogP contribution in [-0.2, 0) is 26.1 Å². The van der Waals surface area contributed by atoms with Crippen LogP contribution < -0.4 is 4.72 Å². The third kappa shape index (κ3) is 4.75. The van der Waals surface area contributed by atoms with Crippen molar-refractivity contribution in [2.45, 2.75) is 31.7 Å². The number of nitrogens with one attached hydrogen (secondary N) is 1. The van der Waals surface area contributed by atoms with E-state index >= 15 is 0 Å². The lowest BCUT2D eigenvalue weighted by Crippen LogP contribution is -2.43. The first-order chi connectivity index (χ1) is 13.2. The standard InChI is InChI=1S/C18H24N4O4S2/c1-22(26-2)17(23)18(6-5-14(11-18)21-28(3,24)25)10-13-9-15(27-12-13)16-19-7-4-8-20-16/h4,7-9,12,14,21H,5-6,10-11H2,1-3H3/t14-,18+/m0/s1. The van der Waals surface area contributed by atoms with Gasteiger partial charge in [0.25, 0.3) is 5.91 Å². The molecule has 1 N–H and O–H groups in total. The maximum Gasteiger partial charge on any atom is 0.252 e. The molecule has 10 heteroatoms. The molecule has 1 saturated carbocycles. The zero-order valence-electron chi connectivity index (χ0n) is 16.1. The summed E-state index contributed by atoms with van der Waals surface area (Å²) in [5, 5.41) is 3.24. The Morgan fingerprint density at radius 3 is 2.79 bits per heavy atom. The van der Waals surface area contributed by atoms with E-state index < -0.39 is 15.4 Å². The molecule has 0 saturated heterocycles. The molecule has 0 unspecified atom stereocenters. The van der Waals surface area contributed by atoms with Gasteiger partial charge in [0.1, 0.15) is 0 Å². The van der Waals surface area contributed by atoms with E-state index in [2.05, 4.69) is 14.7 Å². The number of hydrogen-bond donors (Lipinski definition) is 1. The van der Waals surface area contributed by atoms with Crippen molar-refractivity contribution >= 4 is 27.3 Å². The Kier molecular flexibility index (Phi) is 6.13. The molecule has 2 atom stereocenters. The van der Waals surface area contributed by atoms with E-state index in [1.165, 1.54) is 23.5 Å². The van der Waals surface area contributed by atoms with Crippen LogP contribution in [0.25, 0.3) is 10.7 Å². The molecular formula is C18H24N4O4S2. The van der Waals surface area contributed by atoms with Gasteiger partial charge < -0.3 is 0 Å². The maximum absolute atomic E-state index is 13.1. The normalized spacial score (nSPS) is 22.3. The van der Waals surface area contributed by atoms with Gasteiger partial charge in [0.15, 0.2) is 5.82 Å². The largest absolute Gasteiger partial charge is 0.275 e. The summed E-state index contributed by atoms with van der Waals surface area (Å²) >= 11 is 1.53. The first-order valence-electron chi connectivity index (χ1n) is 8.87. The minimum Gasteiger partial charge on any atom is -0.275 e. The minimum absolute atomic E-state index is 0.142. The molecule has 1 amide bonds. The monoisotopic (exact) mass is 424 g/mol. The second-order valence-electron chi connectivity index (χ2n) is 7.16. The molecule has 1 fully saturated rings. The number of carbonyl (C=O) groups excluding carboxylic acids is 1. The predicted octanol–water partition coefficient (Wildman–Crippen LogP) is 1.86. The molecule has 8 nitrogen and oxygen atoms in total. The van der Waals surface area contributed by atoms with Gasteiger partial charge in [-0.25, -0.2) is 28.2 Å². The third-order valence-electron chi connectivity index (χ3n) is 4.99. The number of hydroxylamine groups is 2. The first-order valence-corrected chi connectivity index (χ1v) is 11.6. The highest BCUT2D eigenvalue weighted by atomic mass is 32.2. The highest BCUT2D eigenvalue weighted by molar-refractivity contribution is 7.88. The van der Waals surface area contributed by atoms with Crippen LogP contribution in [0.5, 0.6) is 0 Å². The van der Waals surface area contributed by atoms with E-state index in [-0.39, 0.29) is 11.9 Å². The Balaban J connectivity index is 1.85. The minimum atomic E-state index is -3.33. The second-order valence-corrected chi connectivity index (χ2v) is 9.85. The van der Waals surface area contributed by atoms with E-state index in [1.807, 2.05) is 11.4 Å². The van der Waals surface area contributed by atoms with Crippen molar-refractivity contribution in [1.29, 1.82) is 0 Å². The van der Waals surface area contributed by atoms with Crippen LogP contribution in [0.2, 0.25) is 0 Å². The summed E-state index contributed by atoms with van der Waals surface area (Å²) in [6.07, 6.45) is 6.65. The van der Waals surface area contributed by atoms with E-state index in [9.17, 15) is 13.2 Å². The van der Waals surface area contributed by atoms with Crippen molar-refractivity contribution in [3.8, 4) is 10.7 Å². The van der Waals surface area contributed by atoms with Crippen molar-refractivity contribution in [2.75, 3.05) is 20.4 Å². The Bertz CT molecular complexity index is 932. The van der Waals surface area contributed by atoms with Gasteiger partial charge in [-0.1, -0.05) is 0 Å². The van der Waals surface area contributed by atoms with Gasteiger partial charge >= 0.3 is 0 Å². The predicted molar refractivity (Wildman–Crippen MR) is 107 cm³/mol. The van der Waals surface area contributed by atoms with Gasteiger partial charge in [-0.15, -0.1) is 11.3 Å². The highest BCUT2D eigenvalue weighted by Gasteiger charge is 2.47. The van der Waals surface area contributed by atoms with Gasteiger partial charge in [0.2, 0.25) is 10.0 Å². The van der Waals surface area contributed by atoms with Crippen molar-refractivity contribution < 1.29 is 18.0 Å². The van der Waals surface area contributed by atoms with Crippen molar-refractivity contribution in [1.82, 2.24) is 19.8 Å². The van der Waals surface area contributed by atoms with Crippen molar-refractivity contribution in [3.05, 3.63) is 35.5 Å². The fourth-order valence-corrected chi connectivity index (χ4v) is 5.45. The average molecular weight is 425 g/mol. The van der Waals surface area contributed by atoms with E-state index in [1.54, 1.807) is 25.5 Å². The SMILES string of the molecule is CON(C)C(=O)[C@@]1(Cc2csc(-c3ncccn3)c2)CC[C@H](NS(C)(=O)=O)C1. The van der Waals surface area contributed by atoms with Crippen LogP contribution in [0.4, 0.5) is 0 Å². The fraction of sp³-hybridized carbons (Fsp3) is 0.500. The van der Waals surface area contributed by atoms with E-state index in [0.717, 1.165) is 16.7 Å². The Morgan fingerprint density at radius 1 is 1.43 bits per heavy atom. The molecule has 2 aromatic rings. The molecule has 0 radical (unpaired) electrons. The first kappa shape index (κ1) is 20.8. The quantitative estimate of drug-likeness (QED) is 0.681. The molecule has 3 rings (SSSR count). The van der Waals surface area contributed by atoms with Gasteiger partial charge in [0.05, 0.1) is 23.7 Å². The van der Waals surface area contributed by atoms with Gasteiger partial charge in [0, 0.05) is 25.5 Å². The summed E-state index contributed by atoms with van der Waals surface area (Å²) in [5.41, 5.74) is 0.286. The molecule has 152 valence electrons. The number of hydrogen-bond acceptors (Lipinski definition) is 7. The van der Waals surface area contributed by atoms with Crippen LogP contribution in [0, 0.1) is 5.41 Å². The molecule has 2 aromatic heterocycles. The number of amides is 1. The lowest BCUT2D eigenvalue weighted by atomic mass is 9.79. The highest BCUT2D eigenvalue weighted by Crippen LogP contribution is 2.44. The van der Waals surface area contributed by atoms with Crippen molar-refractivity contribution in [2.24, 2.45) is 5.41 Å². The lowest BCUT2D eigenvalue weighted by Gasteiger charge is -2.31. The summed E-state index contributed by atoms with van der Waals surface area (Å²) in [7, 11) is -0.306. The second kappa shape index (κ2) is 8.24. The number of rotatable bonds is 7. The van der Waals surface area contributed by atoms with Gasteiger partial charge in [-0.3, -0.25) is 9.63 Å². The molecule has 0 spiro atoms. The van der Waals surface area contributed by atoms with Crippen LogP contribution in [0.15, 0.2) is 29.9 Å². The van der Waals surface area contributed by atoms with Crippen LogP contribution >= 0.6 is 11.3 Å². The number of thiophene rings is 1. The average Bonchev–Trinajstić information content (AvgIpc) is 3.28. The number of aromatic nitrogens is 2. The Labute approximate surface area is 169 Å². The van der Waals surface area contributed by atoms with Gasteiger partial charge in [-0.05, 0) is 48.8 Å². The Morgan fingerprint density at radius 2 is 2.14 bits per heavy atom. The zero-order chi connectivity index (χ0) is 20.4. The summed E-state index contributed by atoms with van der Waals surface area (Å²) in [4.78, 5) is 27.7. The van der Waals surface area contributed by atoms with E-state index in [0.29, 0.717) is 31.5 Å². The summed E-state index contributed by atoms with van der Waals surface area (Å²) in [6.45, 7) is 0. The van der Waals surface area contributed by atoms with Gasteiger partial charge in [-0.2, -0.15) is 0 Å². The number of sulfonamides is 1. The van der Waals surface area contributed by atoms with E-state index in [4.69, 9.17) is 4.84 Å². The smallest absolute Gasteiger partial charge is 0.252 e. The maximum atomic E-state index is 13.1. The summed E-state index contributed by atoms with van der Waals surface area (Å²) in [6, 6.07) is 3.50. The fourth-order valence-electron chi connectivity index (χ4n) is 3.78. The Hall–Kier alpha value is -1.88. The molecular weight excluding hydrogens is 400 g/mol. The summed E-state index contributed by atoms with van der Waals surface area (Å²) < 4.78 is 25.9. The molecule has 0 aliphatic heterocycles.